The molecule has 0 aliphatic carbocycles. The molecule has 8 heteroatoms. The Bertz CT molecular complexity index is 1060. The zero-order chi connectivity index (χ0) is 20.7. The molecule has 3 aromatic rings. The lowest BCUT2D eigenvalue weighted by Gasteiger charge is -2.32. The van der Waals surface area contributed by atoms with Gasteiger partial charge in [-0.05, 0) is 13.8 Å². The zero-order valence-electron chi connectivity index (χ0n) is 15.8. The molecule has 150 valence electrons. The number of anilines is 1. The molecule has 0 saturated heterocycles. The van der Waals surface area contributed by atoms with Crippen molar-refractivity contribution in [1.82, 2.24) is 10.1 Å². The third-order valence-electron chi connectivity index (χ3n) is 5.03. The SMILES string of the molecule is Cc1ccc(-c2onc3c2CN(C(=O)Nc2cc(F)c(F)c(F)c2)[C@@H](C)C3)cc1. The summed E-state index contributed by atoms with van der Waals surface area (Å²) in [6.45, 7) is 4.05. The van der Waals surface area contributed by atoms with Gasteiger partial charge in [0.15, 0.2) is 23.2 Å². The zero-order valence-corrected chi connectivity index (χ0v) is 15.8. The fraction of sp³-hybridized carbons (Fsp3) is 0.238. The normalized spacial score (nSPS) is 15.9. The first-order valence-electron chi connectivity index (χ1n) is 9.10. The third kappa shape index (κ3) is 3.57. The Morgan fingerprint density at radius 1 is 1.17 bits per heavy atom. The summed E-state index contributed by atoms with van der Waals surface area (Å²) in [5, 5.41) is 6.57. The van der Waals surface area contributed by atoms with Gasteiger partial charge in [0.2, 0.25) is 0 Å². The lowest BCUT2D eigenvalue weighted by Crippen LogP contribution is -2.44. The van der Waals surface area contributed by atoms with Crippen molar-refractivity contribution in [3.63, 3.8) is 0 Å². The smallest absolute Gasteiger partial charge is 0.322 e. The molecule has 2 aromatic carbocycles. The van der Waals surface area contributed by atoms with Crippen molar-refractivity contribution in [2.75, 3.05) is 5.32 Å². The van der Waals surface area contributed by atoms with Crippen molar-refractivity contribution >= 4 is 11.7 Å². The van der Waals surface area contributed by atoms with Crippen molar-refractivity contribution in [3.8, 4) is 11.3 Å². The Balaban J connectivity index is 1.59. The van der Waals surface area contributed by atoms with E-state index in [2.05, 4.69) is 10.5 Å². The number of urea groups is 1. The van der Waals surface area contributed by atoms with Crippen LogP contribution in [-0.4, -0.2) is 22.1 Å². The molecule has 0 radical (unpaired) electrons. The first-order valence-corrected chi connectivity index (χ1v) is 9.10. The number of fused-ring (bicyclic) bond motifs is 1. The minimum Gasteiger partial charge on any atom is -0.356 e. The fourth-order valence-electron chi connectivity index (χ4n) is 3.41. The third-order valence-corrected chi connectivity index (χ3v) is 5.03. The van der Waals surface area contributed by atoms with E-state index < -0.39 is 23.5 Å². The molecule has 0 bridgehead atoms. The number of nitrogens with zero attached hydrogens (tertiary/aromatic N) is 2. The van der Waals surface area contributed by atoms with E-state index in [1.807, 2.05) is 38.1 Å². The Kier molecular flexibility index (Phi) is 4.77. The van der Waals surface area contributed by atoms with E-state index in [0.717, 1.165) is 34.5 Å². The summed E-state index contributed by atoms with van der Waals surface area (Å²) in [6.07, 6.45) is 0.476. The van der Waals surface area contributed by atoms with Gasteiger partial charge in [-0.1, -0.05) is 35.0 Å². The molecule has 4 rings (SSSR count). The standard InChI is InChI=1S/C21H18F3N3O2/c1-11-3-5-13(6-4-11)20-15-10-27(12(2)7-18(15)26-29-20)21(28)25-14-8-16(22)19(24)17(23)9-14/h3-6,8-9,12H,7,10H2,1-2H3,(H,25,28)/t12-/m0/s1. The maximum atomic E-state index is 13.4. The highest BCUT2D eigenvalue weighted by atomic mass is 19.2. The Morgan fingerprint density at radius 2 is 1.83 bits per heavy atom. The van der Waals surface area contributed by atoms with Crippen molar-refractivity contribution in [2.24, 2.45) is 0 Å². The second-order valence-electron chi connectivity index (χ2n) is 7.17. The molecule has 0 fully saturated rings. The predicted molar refractivity (Wildman–Crippen MR) is 101 cm³/mol. The number of aryl methyl sites for hydroxylation is 1. The fourth-order valence-corrected chi connectivity index (χ4v) is 3.41. The van der Waals surface area contributed by atoms with Crippen molar-refractivity contribution in [2.45, 2.75) is 32.9 Å². The lowest BCUT2D eigenvalue weighted by atomic mass is 9.97. The molecule has 1 aliphatic rings. The van der Waals surface area contributed by atoms with Crippen LogP contribution in [0.2, 0.25) is 0 Å². The van der Waals surface area contributed by atoms with Crippen LogP contribution in [0.15, 0.2) is 40.9 Å². The molecule has 5 nitrogen and oxygen atoms in total. The van der Waals surface area contributed by atoms with Crippen molar-refractivity contribution < 1.29 is 22.5 Å². The Hall–Kier alpha value is -3.29. The number of hydrogen-bond donors (Lipinski definition) is 1. The average molecular weight is 401 g/mol. The number of nitrogens with one attached hydrogen (secondary N) is 1. The highest BCUT2D eigenvalue weighted by Crippen LogP contribution is 2.33. The van der Waals surface area contributed by atoms with Crippen LogP contribution in [0.25, 0.3) is 11.3 Å². The van der Waals surface area contributed by atoms with Gasteiger partial charge in [0.1, 0.15) is 0 Å². The van der Waals surface area contributed by atoms with Crippen LogP contribution < -0.4 is 5.32 Å². The van der Waals surface area contributed by atoms with Gasteiger partial charge in [0, 0.05) is 41.4 Å². The summed E-state index contributed by atoms with van der Waals surface area (Å²) < 4.78 is 45.5. The second-order valence-corrected chi connectivity index (χ2v) is 7.17. The maximum Gasteiger partial charge on any atom is 0.322 e. The number of halogens is 3. The predicted octanol–water partition coefficient (Wildman–Crippen LogP) is 5.05. The summed E-state index contributed by atoms with van der Waals surface area (Å²) in [5.41, 5.74) is 3.36. The van der Waals surface area contributed by atoms with Crippen LogP contribution in [0, 0.1) is 24.4 Å². The number of amides is 2. The minimum absolute atomic E-state index is 0.159. The van der Waals surface area contributed by atoms with Gasteiger partial charge in [0.05, 0.1) is 12.2 Å². The van der Waals surface area contributed by atoms with Gasteiger partial charge in [-0.2, -0.15) is 0 Å². The number of rotatable bonds is 2. The molecule has 1 N–H and O–H groups in total. The molecule has 0 saturated carbocycles. The number of carbonyl (C=O) groups is 1. The van der Waals surface area contributed by atoms with Crippen molar-refractivity contribution in [1.29, 1.82) is 0 Å². The van der Waals surface area contributed by atoms with E-state index in [1.54, 1.807) is 0 Å². The van der Waals surface area contributed by atoms with Gasteiger partial charge < -0.3 is 14.7 Å². The van der Waals surface area contributed by atoms with Crippen LogP contribution in [0.1, 0.15) is 23.7 Å². The van der Waals surface area contributed by atoms with Crippen LogP contribution in [0.3, 0.4) is 0 Å². The van der Waals surface area contributed by atoms with E-state index in [0.29, 0.717) is 12.2 Å². The number of hydrogen-bond acceptors (Lipinski definition) is 3. The first-order chi connectivity index (χ1) is 13.8. The average Bonchev–Trinajstić information content (AvgIpc) is 3.08. The number of aromatic nitrogens is 1. The van der Waals surface area contributed by atoms with Gasteiger partial charge >= 0.3 is 6.03 Å². The summed E-state index contributed by atoms with van der Waals surface area (Å²) in [5.74, 6) is -3.72. The van der Waals surface area contributed by atoms with E-state index >= 15 is 0 Å². The first kappa shape index (κ1) is 19.0. The maximum absolute atomic E-state index is 13.4. The monoisotopic (exact) mass is 401 g/mol. The van der Waals surface area contributed by atoms with Gasteiger partial charge in [-0.25, -0.2) is 18.0 Å². The van der Waals surface area contributed by atoms with Gasteiger partial charge in [0.25, 0.3) is 0 Å². The molecular formula is C21H18F3N3O2. The molecule has 2 amide bonds. The number of benzene rings is 2. The molecule has 29 heavy (non-hydrogen) atoms. The van der Waals surface area contributed by atoms with Gasteiger partial charge in [-0.3, -0.25) is 0 Å². The van der Waals surface area contributed by atoms with E-state index in [9.17, 15) is 18.0 Å². The highest BCUT2D eigenvalue weighted by molar-refractivity contribution is 5.89. The molecule has 1 atom stereocenters. The summed E-state index contributed by atoms with van der Waals surface area (Å²) in [6, 6.07) is 8.47. The quantitative estimate of drug-likeness (QED) is 0.612. The van der Waals surface area contributed by atoms with E-state index in [4.69, 9.17) is 4.52 Å². The van der Waals surface area contributed by atoms with Gasteiger partial charge in [-0.15, -0.1) is 0 Å². The van der Waals surface area contributed by atoms with Crippen molar-refractivity contribution in [3.05, 3.63) is 70.7 Å². The highest BCUT2D eigenvalue weighted by Gasteiger charge is 2.32. The molecule has 1 aromatic heterocycles. The van der Waals surface area contributed by atoms with Crippen LogP contribution in [-0.2, 0) is 13.0 Å². The summed E-state index contributed by atoms with van der Waals surface area (Å²) in [7, 11) is 0. The Labute approximate surface area is 165 Å². The molecule has 0 spiro atoms. The summed E-state index contributed by atoms with van der Waals surface area (Å²) >= 11 is 0. The molecule has 1 aliphatic heterocycles. The minimum atomic E-state index is -1.58. The summed E-state index contributed by atoms with van der Waals surface area (Å²) in [4.78, 5) is 14.3. The largest absolute Gasteiger partial charge is 0.356 e. The lowest BCUT2D eigenvalue weighted by molar-refractivity contribution is 0.182. The van der Waals surface area contributed by atoms with E-state index in [1.165, 1.54) is 4.90 Å². The topological polar surface area (TPSA) is 58.4 Å². The second kappa shape index (κ2) is 7.27. The Morgan fingerprint density at radius 3 is 2.48 bits per heavy atom. The molecule has 2 heterocycles. The molecular weight excluding hydrogens is 383 g/mol. The van der Waals surface area contributed by atoms with Crippen LogP contribution >= 0.6 is 0 Å². The molecule has 0 unspecified atom stereocenters. The van der Waals surface area contributed by atoms with E-state index in [-0.39, 0.29) is 18.3 Å². The van der Waals surface area contributed by atoms with Crippen LogP contribution in [0.4, 0.5) is 23.7 Å². The van der Waals surface area contributed by atoms with Crippen LogP contribution in [0.5, 0.6) is 0 Å². The number of carbonyl (C=O) groups excluding carboxylic acids is 1.